The van der Waals surface area contributed by atoms with Gasteiger partial charge in [0.25, 0.3) is 5.91 Å². The van der Waals surface area contributed by atoms with Gasteiger partial charge in [0.05, 0.1) is 19.8 Å². The molecule has 1 aliphatic heterocycles. The Morgan fingerprint density at radius 1 is 1.07 bits per heavy atom. The molecule has 1 atom stereocenters. The Morgan fingerprint density at radius 2 is 1.78 bits per heavy atom. The maximum Gasteiger partial charge on any atom is 0.258 e. The lowest BCUT2D eigenvalue weighted by Crippen LogP contribution is -2.30. The lowest BCUT2D eigenvalue weighted by molar-refractivity contribution is 0.0757. The molecular formula is C22H27NO3S. The number of thioether (sulfide) groups is 1. The molecule has 0 N–H and O–H groups in total. The lowest BCUT2D eigenvalue weighted by atomic mass is 9.86. The number of ether oxygens (including phenoxy) is 2. The first-order valence-corrected chi connectivity index (χ1v) is 10.1. The summed E-state index contributed by atoms with van der Waals surface area (Å²) in [6, 6.07) is 14.0. The van der Waals surface area contributed by atoms with Crippen LogP contribution in [0.15, 0.2) is 42.5 Å². The smallest absolute Gasteiger partial charge is 0.258 e. The monoisotopic (exact) mass is 385 g/mol. The molecule has 1 heterocycles. The molecule has 1 amide bonds. The summed E-state index contributed by atoms with van der Waals surface area (Å²) in [4.78, 5) is 15.2. The molecule has 1 fully saturated rings. The van der Waals surface area contributed by atoms with Crippen LogP contribution >= 0.6 is 11.8 Å². The Balaban J connectivity index is 1.87. The molecule has 1 aliphatic rings. The topological polar surface area (TPSA) is 38.8 Å². The number of hydrogen-bond donors (Lipinski definition) is 0. The average molecular weight is 386 g/mol. The van der Waals surface area contributed by atoms with Crippen molar-refractivity contribution in [3.8, 4) is 11.5 Å². The molecular weight excluding hydrogens is 358 g/mol. The second kappa shape index (κ2) is 7.85. The first kappa shape index (κ1) is 19.6. The van der Waals surface area contributed by atoms with Crippen LogP contribution in [0.3, 0.4) is 0 Å². The number of amides is 1. The standard InChI is InChI=1S/C22H27NO3S/c1-22(2,3)16-8-6-15(7-9-16)21-23(12-13-27-21)20(24)18-11-10-17(25-4)14-19(18)26-5/h6-11,14,21H,12-13H2,1-5H3. The number of carbonyl (C=O) groups is 1. The Kier molecular flexibility index (Phi) is 5.70. The fraction of sp³-hybridized carbons (Fsp3) is 0.409. The first-order chi connectivity index (χ1) is 12.8. The number of carbonyl (C=O) groups excluding carboxylic acids is 1. The second-order valence-electron chi connectivity index (χ2n) is 7.66. The van der Waals surface area contributed by atoms with E-state index in [1.807, 2.05) is 4.90 Å². The minimum Gasteiger partial charge on any atom is -0.497 e. The van der Waals surface area contributed by atoms with E-state index in [0.717, 1.165) is 17.9 Å². The highest BCUT2D eigenvalue weighted by Crippen LogP contribution is 2.40. The van der Waals surface area contributed by atoms with Crippen LogP contribution in [-0.4, -0.2) is 37.3 Å². The molecule has 0 aliphatic carbocycles. The third kappa shape index (κ3) is 4.08. The van der Waals surface area contributed by atoms with E-state index >= 15 is 0 Å². The molecule has 4 nitrogen and oxygen atoms in total. The Bertz CT molecular complexity index is 811. The summed E-state index contributed by atoms with van der Waals surface area (Å²) < 4.78 is 10.7. The molecule has 144 valence electrons. The molecule has 3 rings (SSSR count). The van der Waals surface area contributed by atoms with Gasteiger partial charge in [-0.3, -0.25) is 4.79 Å². The highest BCUT2D eigenvalue weighted by Gasteiger charge is 2.32. The summed E-state index contributed by atoms with van der Waals surface area (Å²) in [7, 11) is 3.18. The maximum atomic E-state index is 13.2. The van der Waals surface area contributed by atoms with Gasteiger partial charge in [-0.1, -0.05) is 45.0 Å². The molecule has 2 aromatic rings. The van der Waals surface area contributed by atoms with E-state index in [1.54, 1.807) is 44.2 Å². The van der Waals surface area contributed by atoms with Crippen molar-refractivity contribution in [2.24, 2.45) is 0 Å². The summed E-state index contributed by atoms with van der Waals surface area (Å²) in [5, 5.41) is 0.0262. The summed E-state index contributed by atoms with van der Waals surface area (Å²) in [5.41, 5.74) is 3.14. The van der Waals surface area contributed by atoms with Crippen molar-refractivity contribution in [1.82, 2.24) is 4.90 Å². The largest absolute Gasteiger partial charge is 0.497 e. The van der Waals surface area contributed by atoms with E-state index < -0.39 is 0 Å². The van der Waals surface area contributed by atoms with Gasteiger partial charge in [-0.15, -0.1) is 11.8 Å². The quantitative estimate of drug-likeness (QED) is 0.751. The van der Waals surface area contributed by atoms with E-state index in [9.17, 15) is 4.79 Å². The van der Waals surface area contributed by atoms with Crippen molar-refractivity contribution in [2.45, 2.75) is 31.6 Å². The Hall–Kier alpha value is -2.14. The van der Waals surface area contributed by atoms with Crippen LogP contribution in [-0.2, 0) is 5.41 Å². The summed E-state index contributed by atoms with van der Waals surface area (Å²) >= 11 is 1.80. The zero-order valence-electron chi connectivity index (χ0n) is 16.6. The molecule has 27 heavy (non-hydrogen) atoms. The fourth-order valence-electron chi connectivity index (χ4n) is 3.23. The molecule has 0 spiro atoms. The van der Waals surface area contributed by atoms with Crippen molar-refractivity contribution in [1.29, 1.82) is 0 Å². The van der Waals surface area contributed by atoms with Crippen molar-refractivity contribution < 1.29 is 14.3 Å². The van der Waals surface area contributed by atoms with Crippen LogP contribution < -0.4 is 9.47 Å². The molecule has 1 saturated heterocycles. The van der Waals surface area contributed by atoms with Gasteiger partial charge in [0.15, 0.2) is 0 Å². The zero-order valence-corrected chi connectivity index (χ0v) is 17.4. The number of nitrogens with zero attached hydrogens (tertiary/aromatic N) is 1. The van der Waals surface area contributed by atoms with Crippen LogP contribution in [0.5, 0.6) is 11.5 Å². The number of benzene rings is 2. The molecule has 0 aromatic heterocycles. The lowest BCUT2D eigenvalue weighted by Gasteiger charge is -2.26. The van der Waals surface area contributed by atoms with Gasteiger partial charge in [-0.05, 0) is 28.7 Å². The van der Waals surface area contributed by atoms with E-state index in [1.165, 1.54) is 5.56 Å². The van der Waals surface area contributed by atoms with Crippen LogP contribution in [0, 0.1) is 0 Å². The van der Waals surface area contributed by atoms with Crippen LogP contribution in [0.4, 0.5) is 0 Å². The van der Waals surface area contributed by atoms with Crippen molar-refractivity contribution in [2.75, 3.05) is 26.5 Å². The minimum absolute atomic E-state index is 0.00981. The highest BCUT2D eigenvalue weighted by atomic mass is 32.2. The molecule has 5 heteroatoms. The van der Waals surface area contributed by atoms with Crippen LogP contribution in [0.1, 0.15) is 47.6 Å². The second-order valence-corrected chi connectivity index (χ2v) is 8.85. The predicted molar refractivity (Wildman–Crippen MR) is 111 cm³/mol. The number of rotatable bonds is 4. The highest BCUT2D eigenvalue weighted by molar-refractivity contribution is 7.99. The van der Waals surface area contributed by atoms with Crippen LogP contribution in [0.2, 0.25) is 0 Å². The normalized spacial score (nSPS) is 17.1. The summed E-state index contributed by atoms with van der Waals surface area (Å²) in [5.74, 6) is 2.13. The van der Waals surface area contributed by atoms with Gasteiger partial charge >= 0.3 is 0 Å². The molecule has 0 saturated carbocycles. The Labute approximate surface area is 165 Å². The fourth-order valence-corrected chi connectivity index (χ4v) is 4.49. The van der Waals surface area contributed by atoms with Crippen molar-refractivity contribution >= 4 is 17.7 Å². The van der Waals surface area contributed by atoms with Crippen LogP contribution in [0.25, 0.3) is 0 Å². The summed E-state index contributed by atoms with van der Waals surface area (Å²) in [6.07, 6.45) is 0. The SMILES string of the molecule is COc1ccc(C(=O)N2CCSC2c2ccc(C(C)(C)C)cc2)c(OC)c1. The average Bonchev–Trinajstić information content (AvgIpc) is 3.16. The van der Waals surface area contributed by atoms with Crippen molar-refractivity contribution in [3.63, 3.8) is 0 Å². The van der Waals surface area contributed by atoms with Gasteiger partial charge in [0.2, 0.25) is 0 Å². The molecule has 0 radical (unpaired) electrons. The van der Waals surface area contributed by atoms with Gasteiger partial charge in [-0.25, -0.2) is 0 Å². The molecule has 0 bridgehead atoms. The third-order valence-electron chi connectivity index (χ3n) is 4.85. The van der Waals surface area contributed by atoms with Crippen molar-refractivity contribution in [3.05, 3.63) is 59.2 Å². The number of methoxy groups -OCH3 is 2. The summed E-state index contributed by atoms with van der Waals surface area (Å²) in [6.45, 7) is 7.35. The van der Waals surface area contributed by atoms with Gasteiger partial charge in [0.1, 0.15) is 16.9 Å². The predicted octanol–water partition coefficient (Wildman–Crippen LogP) is 4.89. The van der Waals surface area contributed by atoms with Gasteiger partial charge < -0.3 is 14.4 Å². The van der Waals surface area contributed by atoms with E-state index in [2.05, 4.69) is 45.0 Å². The number of hydrogen-bond acceptors (Lipinski definition) is 4. The van der Waals surface area contributed by atoms with Gasteiger partial charge in [0, 0.05) is 18.4 Å². The molecule has 2 aromatic carbocycles. The Morgan fingerprint density at radius 3 is 2.37 bits per heavy atom. The molecule has 1 unspecified atom stereocenters. The van der Waals surface area contributed by atoms with E-state index in [4.69, 9.17) is 9.47 Å². The maximum absolute atomic E-state index is 13.2. The van der Waals surface area contributed by atoms with E-state index in [0.29, 0.717) is 17.1 Å². The third-order valence-corrected chi connectivity index (χ3v) is 6.11. The van der Waals surface area contributed by atoms with Gasteiger partial charge in [-0.2, -0.15) is 0 Å². The zero-order chi connectivity index (χ0) is 19.6. The minimum atomic E-state index is -0.00981. The first-order valence-electron chi connectivity index (χ1n) is 9.10. The van der Waals surface area contributed by atoms with E-state index in [-0.39, 0.29) is 16.7 Å².